The lowest BCUT2D eigenvalue weighted by Gasteiger charge is -2.12. The van der Waals surface area contributed by atoms with Crippen LogP contribution in [0.5, 0.6) is 5.75 Å². The summed E-state index contributed by atoms with van der Waals surface area (Å²) >= 11 is 12.5. The van der Waals surface area contributed by atoms with Crippen LogP contribution in [0.25, 0.3) is 22.4 Å². The standard InChI is InChI=1S/C22H18Cl2N2O/c1-15-5-4-6-17(13-15)27-12-11-26-21-8-3-2-7-20(21)25-22(26)18-10-9-16(23)14-19(18)24/h2-10,13-14H,11-12H2,1H3. The third-order valence-corrected chi connectivity index (χ3v) is 4.95. The second-order valence-electron chi connectivity index (χ2n) is 6.36. The maximum Gasteiger partial charge on any atom is 0.142 e. The van der Waals surface area contributed by atoms with Gasteiger partial charge in [0, 0.05) is 10.6 Å². The van der Waals surface area contributed by atoms with Crippen LogP contribution in [0.4, 0.5) is 0 Å². The van der Waals surface area contributed by atoms with E-state index >= 15 is 0 Å². The number of halogens is 2. The lowest BCUT2D eigenvalue weighted by molar-refractivity contribution is 0.300. The third kappa shape index (κ3) is 3.80. The minimum absolute atomic E-state index is 0.530. The molecule has 4 rings (SSSR count). The van der Waals surface area contributed by atoms with Gasteiger partial charge < -0.3 is 9.30 Å². The van der Waals surface area contributed by atoms with Crippen LogP contribution in [0, 0.1) is 6.92 Å². The number of hydrogen-bond donors (Lipinski definition) is 0. The first kappa shape index (κ1) is 17.9. The van der Waals surface area contributed by atoms with Gasteiger partial charge in [-0.1, -0.05) is 47.5 Å². The monoisotopic (exact) mass is 396 g/mol. The van der Waals surface area contributed by atoms with Gasteiger partial charge in [-0.25, -0.2) is 4.98 Å². The maximum atomic E-state index is 6.44. The Bertz CT molecular complexity index is 1100. The molecule has 5 heteroatoms. The van der Waals surface area contributed by atoms with E-state index in [4.69, 9.17) is 32.9 Å². The van der Waals surface area contributed by atoms with Crippen molar-refractivity contribution in [2.24, 2.45) is 0 Å². The lowest BCUT2D eigenvalue weighted by Crippen LogP contribution is -2.09. The highest BCUT2D eigenvalue weighted by Gasteiger charge is 2.15. The minimum Gasteiger partial charge on any atom is -0.492 e. The number of aryl methyl sites for hydroxylation is 1. The number of rotatable bonds is 5. The average molecular weight is 397 g/mol. The highest BCUT2D eigenvalue weighted by atomic mass is 35.5. The summed E-state index contributed by atoms with van der Waals surface area (Å²) in [4.78, 5) is 4.79. The zero-order valence-corrected chi connectivity index (χ0v) is 16.3. The predicted octanol–water partition coefficient (Wildman–Crippen LogP) is 6.40. The number of nitrogens with zero attached hydrogens (tertiary/aromatic N) is 2. The van der Waals surface area contributed by atoms with Crippen LogP contribution in [0.1, 0.15) is 5.56 Å². The van der Waals surface area contributed by atoms with Crippen molar-refractivity contribution in [2.45, 2.75) is 13.5 Å². The summed E-state index contributed by atoms with van der Waals surface area (Å²) < 4.78 is 8.09. The highest BCUT2D eigenvalue weighted by Crippen LogP contribution is 2.32. The molecule has 0 aliphatic heterocycles. The molecule has 0 saturated carbocycles. The quantitative estimate of drug-likeness (QED) is 0.390. The van der Waals surface area contributed by atoms with Gasteiger partial charge in [0.15, 0.2) is 0 Å². The van der Waals surface area contributed by atoms with E-state index < -0.39 is 0 Å². The molecule has 0 aliphatic carbocycles. The van der Waals surface area contributed by atoms with Crippen LogP contribution in [-0.4, -0.2) is 16.2 Å². The number of ether oxygens (including phenoxy) is 1. The molecule has 0 radical (unpaired) electrons. The van der Waals surface area contributed by atoms with Crippen molar-refractivity contribution in [3.05, 3.63) is 82.3 Å². The normalized spacial score (nSPS) is 11.1. The van der Waals surface area contributed by atoms with Gasteiger partial charge in [-0.05, 0) is 55.0 Å². The van der Waals surface area contributed by atoms with Crippen LogP contribution >= 0.6 is 23.2 Å². The molecule has 0 spiro atoms. The zero-order valence-electron chi connectivity index (χ0n) is 14.8. The van der Waals surface area contributed by atoms with Crippen molar-refractivity contribution in [1.29, 1.82) is 0 Å². The summed E-state index contributed by atoms with van der Waals surface area (Å²) in [7, 11) is 0. The van der Waals surface area contributed by atoms with Crippen LogP contribution < -0.4 is 4.74 Å². The Morgan fingerprint density at radius 2 is 1.81 bits per heavy atom. The van der Waals surface area contributed by atoms with Gasteiger partial charge in [-0.2, -0.15) is 0 Å². The zero-order chi connectivity index (χ0) is 18.8. The van der Waals surface area contributed by atoms with Crippen LogP contribution in [0.2, 0.25) is 10.0 Å². The van der Waals surface area contributed by atoms with E-state index in [1.54, 1.807) is 6.07 Å². The van der Waals surface area contributed by atoms with E-state index in [-0.39, 0.29) is 0 Å². The van der Waals surface area contributed by atoms with E-state index in [1.807, 2.05) is 48.5 Å². The number of para-hydroxylation sites is 2. The van der Waals surface area contributed by atoms with Gasteiger partial charge in [0.05, 0.1) is 22.6 Å². The molecule has 0 atom stereocenters. The van der Waals surface area contributed by atoms with E-state index in [2.05, 4.69) is 23.6 Å². The summed E-state index contributed by atoms with van der Waals surface area (Å²) in [6.07, 6.45) is 0. The molecule has 0 saturated heterocycles. The largest absolute Gasteiger partial charge is 0.492 e. The molecule has 0 aliphatic rings. The molecule has 1 aromatic heterocycles. The van der Waals surface area contributed by atoms with E-state index in [1.165, 1.54) is 5.56 Å². The molecular weight excluding hydrogens is 379 g/mol. The van der Waals surface area contributed by atoms with E-state index in [9.17, 15) is 0 Å². The molecule has 0 bridgehead atoms. The molecule has 136 valence electrons. The smallest absolute Gasteiger partial charge is 0.142 e. The lowest BCUT2D eigenvalue weighted by atomic mass is 10.2. The van der Waals surface area contributed by atoms with Gasteiger partial charge >= 0.3 is 0 Å². The van der Waals surface area contributed by atoms with E-state index in [0.717, 1.165) is 28.2 Å². The SMILES string of the molecule is Cc1cccc(OCCn2c(-c3ccc(Cl)cc3Cl)nc3ccccc32)c1. The van der Waals surface area contributed by atoms with Crippen molar-refractivity contribution in [2.75, 3.05) is 6.61 Å². The van der Waals surface area contributed by atoms with Crippen molar-refractivity contribution in [3.63, 3.8) is 0 Å². The Hall–Kier alpha value is -2.49. The van der Waals surface area contributed by atoms with Crippen LogP contribution in [0.15, 0.2) is 66.7 Å². The Kier molecular flexibility index (Phi) is 5.06. The molecule has 0 fully saturated rings. The Labute approximate surface area is 168 Å². The number of benzene rings is 3. The van der Waals surface area contributed by atoms with Gasteiger partial charge in [0.2, 0.25) is 0 Å². The first-order chi connectivity index (χ1) is 13.1. The van der Waals surface area contributed by atoms with Gasteiger partial charge in [-0.3, -0.25) is 0 Å². The number of aromatic nitrogens is 2. The molecule has 1 heterocycles. The second-order valence-corrected chi connectivity index (χ2v) is 7.21. The fourth-order valence-corrected chi connectivity index (χ4v) is 3.63. The van der Waals surface area contributed by atoms with E-state index in [0.29, 0.717) is 23.2 Å². The molecule has 3 aromatic carbocycles. The number of imidazole rings is 1. The van der Waals surface area contributed by atoms with Gasteiger partial charge in [0.1, 0.15) is 18.2 Å². The van der Waals surface area contributed by atoms with Crippen molar-refractivity contribution >= 4 is 34.2 Å². The molecule has 0 unspecified atom stereocenters. The topological polar surface area (TPSA) is 27.1 Å². The minimum atomic E-state index is 0.530. The fraction of sp³-hybridized carbons (Fsp3) is 0.136. The predicted molar refractivity (Wildman–Crippen MR) is 112 cm³/mol. The summed E-state index contributed by atoms with van der Waals surface area (Å²) in [5.41, 5.74) is 4.00. The molecule has 3 nitrogen and oxygen atoms in total. The Balaban J connectivity index is 1.68. The summed E-state index contributed by atoms with van der Waals surface area (Å²) in [6.45, 7) is 3.24. The Morgan fingerprint density at radius 3 is 2.63 bits per heavy atom. The second kappa shape index (κ2) is 7.63. The summed E-state index contributed by atoms with van der Waals surface area (Å²) in [5.74, 6) is 1.68. The molecule has 27 heavy (non-hydrogen) atoms. The first-order valence-corrected chi connectivity index (χ1v) is 9.47. The van der Waals surface area contributed by atoms with Crippen molar-refractivity contribution in [3.8, 4) is 17.1 Å². The number of fused-ring (bicyclic) bond motifs is 1. The first-order valence-electron chi connectivity index (χ1n) is 8.72. The van der Waals surface area contributed by atoms with Crippen molar-refractivity contribution < 1.29 is 4.74 Å². The summed E-state index contributed by atoms with van der Waals surface area (Å²) in [5, 5.41) is 1.19. The average Bonchev–Trinajstić information content (AvgIpc) is 3.00. The fourth-order valence-electron chi connectivity index (χ4n) is 3.14. The van der Waals surface area contributed by atoms with Crippen molar-refractivity contribution in [1.82, 2.24) is 9.55 Å². The molecular formula is C22H18Cl2N2O. The summed E-state index contributed by atoms with van der Waals surface area (Å²) in [6, 6.07) is 21.6. The van der Waals surface area contributed by atoms with Gasteiger partial charge in [-0.15, -0.1) is 0 Å². The Morgan fingerprint density at radius 1 is 0.963 bits per heavy atom. The highest BCUT2D eigenvalue weighted by molar-refractivity contribution is 6.36. The molecule has 4 aromatic rings. The third-order valence-electron chi connectivity index (χ3n) is 4.40. The van der Waals surface area contributed by atoms with Crippen LogP contribution in [-0.2, 0) is 6.54 Å². The molecule has 0 amide bonds. The molecule has 0 N–H and O–H groups in total. The van der Waals surface area contributed by atoms with Crippen LogP contribution in [0.3, 0.4) is 0 Å². The van der Waals surface area contributed by atoms with Gasteiger partial charge in [0.25, 0.3) is 0 Å². The number of hydrogen-bond acceptors (Lipinski definition) is 2. The maximum absolute atomic E-state index is 6.44.